The van der Waals surface area contributed by atoms with Crippen LogP contribution in [0.3, 0.4) is 0 Å². The monoisotopic (exact) mass is 395 g/mol. The highest BCUT2D eigenvalue weighted by Crippen LogP contribution is 2.18. The second kappa shape index (κ2) is 9.79. The number of hydrogen-bond acceptors (Lipinski definition) is 10. The van der Waals surface area contributed by atoms with E-state index < -0.39 is 17.9 Å². The molecule has 28 heavy (non-hydrogen) atoms. The van der Waals surface area contributed by atoms with E-state index in [2.05, 4.69) is 0 Å². The first kappa shape index (κ1) is 19.7. The normalized spacial score (nSPS) is 24.8. The van der Waals surface area contributed by atoms with Crippen LogP contribution in [-0.4, -0.2) is 43.1 Å². The van der Waals surface area contributed by atoms with Crippen molar-refractivity contribution in [2.24, 2.45) is 0 Å². The summed E-state index contributed by atoms with van der Waals surface area (Å²) in [5, 5.41) is 0.568. The van der Waals surface area contributed by atoms with Crippen LogP contribution < -0.4 is 0 Å². The molecule has 3 aliphatic heterocycles. The molecule has 0 bridgehead atoms. The molecule has 3 rings (SSSR count). The van der Waals surface area contributed by atoms with Gasteiger partial charge in [0.15, 0.2) is 0 Å². The van der Waals surface area contributed by atoms with Gasteiger partial charge in [0.25, 0.3) is 0 Å². The highest BCUT2D eigenvalue weighted by Gasteiger charge is 2.21. The van der Waals surface area contributed by atoms with Gasteiger partial charge in [-0.1, -0.05) is 0 Å². The minimum absolute atomic E-state index is 0.304. The minimum Gasteiger partial charge on any atom is -0.462 e. The topological polar surface area (TPSA) is 110 Å². The van der Waals surface area contributed by atoms with Crippen molar-refractivity contribution in [1.29, 1.82) is 0 Å². The second-order valence-electron chi connectivity index (χ2n) is 6.19. The quantitative estimate of drug-likeness (QED) is 0.217. The Morgan fingerprint density at radius 2 is 0.929 bits per heavy atom. The fourth-order valence-corrected chi connectivity index (χ4v) is 2.58. The van der Waals surface area contributed by atoms with Crippen LogP contribution in [0.25, 0.3) is 0 Å². The molecular formula is C18H21NO9. The van der Waals surface area contributed by atoms with Crippen LogP contribution in [0.2, 0.25) is 0 Å². The molecule has 0 aromatic heterocycles. The molecule has 0 N–H and O–H groups in total. The van der Waals surface area contributed by atoms with Gasteiger partial charge >= 0.3 is 17.9 Å². The number of ether oxygens (including phenoxy) is 3. The Bertz CT molecular complexity index is 615. The highest BCUT2D eigenvalue weighted by atomic mass is 17.2. The van der Waals surface area contributed by atoms with Gasteiger partial charge in [0, 0.05) is 0 Å². The van der Waals surface area contributed by atoms with Gasteiger partial charge in [0.1, 0.15) is 18.8 Å². The first-order valence-corrected chi connectivity index (χ1v) is 9.02. The summed E-state index contributed by atoms with van der Waals surface area (Å²) in [6.45, 7) is 1.07. The number of carbonyl (C=O) groups is 3. The van der Waals surface area contributed by atoms with E-state index in [1.54, 1.807) is 0 Å². The molecule has 0 radical (unpaired) electrons. The van der Waals surface area contributed by atoms with E-state index in [4.69, 9.17) is 28.7 Å². The largest absolute Gasteiger partial charge is 0.462 e. The highest BCUT2D eigenvalue weighted by molar-refractivity contribution is 5.89. The molecule has 0 aliphatic carbocycles. The van der Waals surface area contributed by atoms with Gasteiger partial charge in [-0.25, -0.2) is 14.4 Å². The lowest BCUT2D eigenvalue weighted by Gasteiger charge is -2.20. The summed E-state index contributed by atoms with van der Waals surface area (Å²) in [6.07, 6.45) is 6.87. The fourth-order valence-electron chi connectivity index (χ4n) is 2.58. The summed E-state index contributed by atoms with van der Waals surface area (Å²) in [6, 6.07) is 0. The molecule has 0 atom stereocenters. The van der Waals surface area contributed by atoms with Crippen molar-refractivity contribution in [3.8, 4) is 0 Å². The van der Waals surface area contributed by atoms with Gasteiger partial charge in [-0.15, -0.1) is 0 Å². The van der Waals surface area contributed by atoms with E-state index in [-0.39, 0.29) is 0 Å². The standard InChI is InChI=1S/C18H21NO9/c20-16-13(4-1-7-23-16)10-26-19(27-11-14-5-2-8-24-17(14)21)28-12-15-6-3-9-25-18(15)22/h10-12H,1-9H2/b13-10+,14-11+,15-12+. The smallest absolute Gasteiger partial charge is 0.337 e. The Hall–Kier alpha value is -3.01. The summed E-state index contributed by atoms with van der Waals surface area (Å²) in [5.74, 6) is -1.47. The average Bonchev–Trinajstić information content (AvgIpc) is 2.71. The van der Waals surface area contributed by atoms with Crippen LogP contribution in [0.15, 0.2) is 35.5 Å². The SMILES string of the molecule is O=C1OCCC/C1=C\ON(O/C=C1\CCCOC1=O)O/C=C1\CCCOC1=O. The molecule has 0 amide bonds. The second-order valence-corrected chi connectivity index (χ2v) is 6.19. The van der Waals surface area contributed by atoms with E-state index in [0.29, 0.717) is 80.5 Å². The van der Waals surface area contributed by atoms with Gasteiger partial charge < -0.3 is 28.7 Å². The molecule has 3 fully saturated rings. The van der Waals surface area contributed by atoms with E-state index in [1.165, 1.54) is 0 Å². The molecule has 0 unspecified atom stereocenters. The molecule has 0 aromatic carbocycles. The van der Waals surface area contributed by atoms with Gasteiger partial charge in [0.05, 0.1) is 36.5 Å². The van der Waals surface area contributed by atoms with Crippen molar-refractivity contribution in [2.45, 2.75) is 38.5 Å². The molecule has 152 valence electrons. The number of carbonyl (C=O) groups excluding carboxylic acids is 3. The van der Waals surface area contributed by atoms with Gasteiger partial charge in [0.2, 0.25) is 5.39 Å². The fraction of sp³-hybridized carbons (Fsp3) is 0.500. The molecule has 10 heteroatoms. The van der Waals surface area contributed by atoms with Crippen molar-refractivity contribution in [1.82, 2.24) is 5.39 Å². The number of rotatable bonds is 6. The third-order valence-corrected chi connectivity index (χ3v) is 4.10. The number of nitrogens with zero attached hydrogens (tertiary/aromatic N) is 1. The van der Waals surface area contributed by atoms with Crippen LogP contribution >= 0.6 is 0 Å². The molecular weight excluding hydrogens is 374 g/mol. The van der Waals surface area contributed by atoms with Crippen molar-refractivity contribution < 1.29 is 43.1 Å². The Kier molecular flexibility index (Phi) is 6.90. The van der Waals surface area contributed by atoms with Crippen LogP contribution in [0.1, 0.15) is 38.5 Å². The predicted molar refractivity (Wildman–Crippen MR) is 89.9 cm³/mol. The maximum Gasteiger partial charge on any atom is 0.337 e. The first-order chi connectivity index (χ1) is 13.6. The maximum absolute atomic E-state index is 11.7. The molecule has 10 nitrogen and oxygen atoms in total. The number of esters is 3. The summed E-state index contributed by atoms with van der Waals surface area (Å²) in [5.41, 5.74) is 0.911. The summed E-state index contributed by atoms with van der Waals surface area (Å²) >= 11 is 0. The zero-order valence-corrected chi connectivity index (χ0v) is 15.2. The summed E-state index contributed by atoms with van der Waals surface area (Å²) in [7, 11) is 0. The third-order valence-electron chi connectivity index (χ3n) is 4.10. The Morgan fingerprint density at radius 1 is 0.607 bits per heavy atom. The predicted octanol–water partition coefficient (Wildman–Crippen LogP) is 1.75. The molecule has 3 aliphatic rings. The van der Waals surface area contributed by atoms with E-state index in [9.17, 15) is 14.4 Å². The van der Waals surface area contributed by atoms with Crippen LogP contribution in [0, 0.1) is 0 Å². The summed E-state index contributed by atoms with van der Waals surface area (Å²) < 4.78 is 14.8. The maximum atomic E-state index is 11.7. The van der Waals surface area contributed by atoms with E-state index in [1.807, 2.05) is 0 Å². The van der Waals surface area contributed by atoms with Crippen molar-refractivity contribution in [3.63, 3.8) is 0 Å². The number of cyclic esters (lactones) is 3. The Morgan fingerprint density at radius 3 is 1.21 bits per heavy atom. The zero-order chi connectivity index (χ0) is 19.8. The molecule has 0 saturated carbocycles. The van der Waals surface area contributed by atoms with Gasteiger partial charge in [-0.2, -0.15) is 0 Å². The molecule has 3 heterocycles. The molecule has 0 spiro atoms. The van der Waals surface area contributed by atoms with Crippen LogP contribution in [0.5, 0.6) is 0 Å². The Labute approximate surface area is 161 Å². The van der Waals surface area contributed by atoms with Gasteiger partial charge in [-0.3, -0.25) is 0 Å². The lowest BCUT2D eigenvalue weighted by molar-refractivity contribution is -0.472. The minimum atomic E-state index is -0.491. The molecule has 3 saturated heterocycles. The number of hydrogen-bond donors (Lipinski definition) is 0. The lowest BCUT2D eigenvalue weighted by atomic mass is 10.1. The van der Waals surface area contributed by atoms with Crippen molar-refractivity contribution >= 4 is 17.9 Å². The van der Waals surface area contributed by atoms with E-state index >= 15 is 0 Å². The zero-order valence-electron chi connectivity index (χ0n) is 15.2. The average molecular weight is 395 g/mol. The Balaban J connectivity index is 1.67. The van der Waals surface area contributed by atoms with E-state index in [0.717, 1.165) is 18.8 Å². The molecule has 0 aromatic rings. The van der Waals surface area contributed by atoms with Crippen LogP contribution in [-0.2, 0) is 43.1 Å². The first-order valence-electron chi connectivity index (χ1n) is 9.02. The van der Waals surface area contributed by atoms with Crippen molar-refractivity contribution in [2.75, 3.05) is 19.8 Å². The van der Waals surface area contributed by atoms with Crippen molar-refractivity contribution in [3.05, 3.63) is 35.5 Å². The van der Waals surface area contributed by atoms with Crippen LogP contribution in [0.4, 0.5) is 0 Å². The lowest BCUT2D eigenvalue weighted by Crippen LogP contribution is -2.23. The van der Waals surface area contributed by atoms with Gasteiger partial charge in [-0.05, 0) is 38.5 Å². The third kappa shape index (κ3) is 5.49. The summed E-state index contributed by atoms with van der Waals surface area (Å²) in [4.78, 5) is 50.8.